The number of aliphatic hydroxyl groups is 1. The molecule has 1 unspecified atom stereocenters. The predicted octanol–water partition coefficient (Wildman–Crippen LogP) is 1.47. The van der Waals surface area contributed by atoms with E-state index in [1.807, 2.05) is 12.1 Å². The Morgan fingerprint density at radius 1 is 0.905 bits per heavy atom. The Bertz CT molecular complexity index is 599. The Balaban J connectivity index is 1.98. The Morgan fingerprint density at radius 3 is 2.05 bits per heavy atom. The molecule has 0 aliphatic carbocycles. The summed E-state index contributed by atoms with van der Waals surface area (Å²) >= 11 is 0. The van der Waals surface area contributed by atoms with E-state index in [0.717, 1.165) is 5.56 Å². The summed E-state index contributed by atoms with van der Waals surface area (Å²) < 4.78 is 0. The number of para-hydroxylation sites is 1. The molecule has 21 heavy (non-hydrogen) atoms. The van der Waals surface area contributed by atoms with Gasteiger partial charge in [-0.05, 0) is 17.7 Å². The number of carbonyl (C=O) groups excluding carboxylic acids is 2. The van der Waals surface area contributed by atoms with E-state index in [1.165, 1.54) is 0 Å². The molecule has 3 N–H and O–H groups in total. The van der Waals surface area contributed by atoms with E-state index >= 15 is 0 Å². The number of rotatable bonds is 4. The second-order valence-corrected chi connectivity index (χ2v) is 4.44. The summed E-state index contributed by atoms with van der Waals surface area (Å²) in [7, 11) is 0. The topological polar surface area (TPSA) is 78.4 Å². The van der Waals surface area contributed by atoms with Crippen LogP contribution in [0.2, 0.25) is 0 Å². The molecule has 5 nitrogen and oxygen atoms in total. The van der Waals surface area contributed by atoms with Gasteiger partial charge in [0.1, 0.15) is 0 Å². The average Bonchev–Trinajstić information content (AvgIpc) is 2.54. The maximum absolute atomic E-state index is 11.9. The van der Waals surface area contributed by atoms with Crippen molar-refractivity contribution in [2.24, 2.45) is 0 Å². The molecular weight excluding hydrogens is 268 g/mol. The molecule has 0 fully saturated rings. The van der Waals surface area contributed by atoms with Gasteiger partial charge in [-0.3, -0.25) is 9.59 Å². The molecule has 2 aromatic rings. The van der Waals surface area contributed by atoms with Crippen molar-refractivity contribution in [3.05, 3.63) is 66.2 Å². The Hall–Kier alpha value is -2.66. The maximum atomic E-state index is 11.9. The minimum Gasteiger partial charge on any atom is -0.394 e. The number of aliphatic hydroxyl groups excluding tert-OH is 1. The second kappa shape index (κ2) is 7.21. The van der Waals surface area contributed by atoms with Gasteiger partial charge in [0.2, 0.25) is 0 Å². The summed E-state index contributed by atoms with van der Waals surface area (Å²) in [6.45, 7) is -0.283. The Morgan fingerprint density at radius 2 is 1.48 bits per heavy atom. The second-order valence-electron chi connectivity index (χ2n) is 4.44. The number of benzene rings is 2. The van der Waals surface area contributed by atoms with E-state index in [9.17, 15) is 14.7 Å². The summed E-state index contributed by atoms with van der Waals surface area (Å²) in [5.74, 6) is -1.56. The third kappa shape index (κ3) is 4.15. The zero-order valence-corrected chi connectivity index (χ0v) is 11.3. The average molecular weight is 284 g/mol. The summed E-state index contributed by atoms with van der Waals surface area (Å²) in [5.41, 5.74) is 1.28. The van der Waals surface area contributed by atoms with Gasteiger partial charge >= 0.3 is 11.8 Å². The molecule has 1 atom stereocenters. The van der Waals surface area contributed by atoms with Crippen molar-refractivity contribution in [1.82, 2.24) is 5.32 Å². The van der Waals surface area contributed by atoms with Crippen LogP contribution in [0.3, 0.4) is 0 Å². The minimum absolute atomic E-state index is 0.283. The molecule has 0 saturated heterocycles. The number of hydrogen-bond donors (Lipinski definition) is 3. The summed E-state index contributed by atoms with van der Waals surface area (Å²) in [6, 6.07) is 17.1. The zero-order chi connectivity index (χ0) is 15.1. The van der Waals surface area contributed by atoms with E-state index in [4.69, 9.17) is 0 Å². The molecule has 5 heteroatoms. The zero-order valence-electron chi connectivity index (χ0n) is 11.3. The quantitative estimate of drug-likeness (QED) is 0.744. The van der Waals surface area contributed by atoms with Crippen LogP contribution in [0.1, 0.15) is 11.6 Å². The molecule has 0 spiro atoms. The fraction of sp³-hybridized carbons (Fsp3) is 0.125. The van der Waals surface area contributed by atoms with Crippen LogP contribution < -0.4 is 10.6 Å². The largest absolute Gasteiger partial charge is 0.394 e. The Kier molecular flexibility index (Phi) is 5.06. The number of hydrogen-bond acceptors (Lipinski definition) is 3. The van der Waals surface area contributed by atoms with E-state index in [0.29, 0.717) is 5.69 Å². The van der Waals surface area contributed by atoms with Crippen molar-refractivity contribution < 1.29 is 14.7 Å². The van der Waals surface area contributed by atoms with Gasteiger partial charge in [-0.15, -0.1) is 0 Å². The van der Waals surface area contributed by atoms with Gasteiger partial charge in [0.25, 0.3) is 0 Å². The van der Waals surface area contributed by atoms with Gasteiger partial charge in [0, 0.05) is 5.69 Å². The molecule has 108 valence electrons. The van der Waals surface area contributed by atoms with Gasteiger partial charge in [0.05, 0.1) is 12.6 Å². The lowest BCUT2D eigenvalue weighted by atomic mass is 10.1. The lowest BCUT2D eigenvalue weighted by molar-refractivity contribution is -0.136. The van der Waals surface area contributed by atoms with E-state index < -0.39 is 17.9 Å². The molecule has 0 radical (unpaired) electrons. The maximum Gasteiger partial charge on any atom is 0.313 e. The van der Waals surface area contributed by atoms with Crippen LogP contribution in [0, 0.1) is 0 Å². The molecule has 2 rings (SSSR count). The normalized spacial score (nSPS) is 11.5. The standard InChI is InChI=1S/C16H16N2O3/c19-11-14(12-7-3-1-4-8-12)18-16(21)15(20)17-13-9-5-2-6-10-13/h1-10,14,19H,11H2,(H,17,20)(H,18,21). The first kappa shape index (κ1) is 14.7. The van der Waals surface area contributed by atoms with Crippen LogP contribution in [0.5, 0.6) is 0 Å². The molecule has 2 aromatic carbocycles. The van der Waals surface area contributed by atoms with Crippen LogP contribution in [0.4, 0.5) is 5.69 Å². The highest BCUT2D eigenvalue weighted by molar-refractivity contribution is 6.39. The van der Waals surface area contributed by atoms with Gasteiger partial charge in [-0.25, -0.2) is 0 Å². The lowest BCUT2D eigenvalue weighted by Gasteiger charge is -2.16. The first-order chi connectivity index (χ1) is 10.2. The predicted molar refractivity (Wildman–Crippen MR) is 79.5 cm³/mol. The monoisotopic (exact) mass is 284 g/mol. The molecule has 0 aliphatic heterocycles. The molecular formula is C16H16N2O3. The molecule has 0 aliphatic rings. The summed E-state index contributed by atoms with van der Waals surface area (Å²) in [5, 5.41) is 14.3. The number of nitrogens with one attached hydrogen (secondary N) is 2. The lowest BCUT2D eigenvalue weighted by Crippen LogP contribution is -2.39. The van der Waals surface area contributed by atoms with E-state index in [1.54, 1.807) is 48.5 Å². The van der Waals surface area contributed by atoms with Crippen LogP contribution in [-0.4, -0.2) is 23.5 Å². The van der Waals surface area contributed by atoms with Crippen molar-refractivity contribution in [3.8, 4) is 0 Å². The van der Waals surface area contributed by atoms with Crippen molar-refractivity contribution >= 4 is 17.5 Å². The summed E-state index contributed by atoms with van der Waals surface area (Å²) in [4.78, 5) is 23.6. The van der Waals surface area contributed by atoms with E-state index in [2.05, 4.69) is 10.6 Å². The van der Waals surface area contributed by atoms with Gasteiger partial charge in [-0.1, -0.05) is 48.5 Å². The van der Waals surface area contributed by atoms with Crippen molar-refractivity contribution in [3.63, 3.8) is 0 Å². The third-order valence-electron chi connectivity index (χ3n) is 2.93. The number of amides is 2. The molecule has 0 heterocycles. The Labute approximate surface area is 122 Å². The highest BCUT2D eigenvalue weighted by Crippen LogP contribution is 2.11. The van der Waals surface area contributed by atoms with Crippen molar-refractivity contribution in [2.75, 3.05) is 11.9 Å². The van der Waals surface area contributed by atoms with E-state index in [-0.39, 0.29) is 6.61 Å². The first-order valence-electron chi connectivity index (χ1n) is 6.53. The minimum atomic E-state index is -0.790. The van der Waals surface area contributed by atoms with Gasteiger partial charge in [0.15, 0.2) is 0 Å². The fourth-order valence-electron chi connectivity index (χ4n) is 1.85. The van der Waals surface area contributed by atoms with Gasteiger partial charge < -0.3 is 15.7 Å². The van der Waals surface area contributed by atoms with Crippen molar-refractivity contribution in [1.29, 1.82) is 0 Å². The number of anilines is 1. The van der Waals surface area contributed by atoms with Crippen LogP contribution in [-0.2, 0) is 9.59 Å². The highest BCUT2D eigenvalue weighted by atomic mass is 16.3. The molecule has 0 aromatic heterocycles. The van der Waals surface area contributed by atoms with Crippen LogP contribution in [0.25, 0.3) is 0 Å². The number of carbonyl (C=O) groups is 2. The van der Waals surface area contributed by atoms with Crippen molar-refractivity contribution in [2.45, 2.75) is 6.04 Å². The highest BCUT2D eigenvalue weighted by Gasteiger charge is 2.19. The SMILES string of the molecule is O=C(Nc1ccccc1)C(=O)NC(CO)c1ccccc1. The van der Waals surface area contributed by atoms with Gasteiger partial charge in [-0.2, -0.15) is 0 Å². The molecule has 0 bridgehead atoms. The molecule has 0 saturated carbocycles. The van der Waals surface area contributed by atoms with Crippen LogP contribution in [0.15, 0.2) is 60.7 Å². The van der Waals surface area contributed by atoms with Crippen LogP contribution >= 0.6 is 0 Å². The summed E-state index contributed by atoms with van der Waals surface area (Å²) in [6.07, 6.45) is 0. The molecule has 2 amide bonds. The fourth-order valence-corrected chi connectivity index (χ4v) is 1.85. The first-order valence-corrected chi connectivity index (χ1v) is 6.53. The third-order valence-corrected chi connectivity index (χ3v) is 2.93. The smallest absolute Gasteiger partial charge is 0.313 e.